The largest absolute Gasteiger partial charge is 0.493 e. The lowest BCUT2D eigenvalue weighted by Crippen LogP contribution is -1.92. The monoisotopic (exact) mass is 237 g/mol. The maximum absolute atomic E-state index is 6.02. The van der Waals surface area contributed by atoms with Crippen molar-refractivity contribution in [1.29, 1.82) is 0 Å². The lowest BCUT2D eigenvalue weighted by molar-refractivity contribution is 0.356. The molecule has 84 valence electrons. The quantitative estimate of drug-likeness (QED) is 0.804. The number of rotatable bonds is 2. The highest BCUT2D eigenvalue weighted by atomic mass is 35.5. The molecule has 0 atom stereocenters. The number of aromatic nitrogens is 1. The van der Waals surface area contributed by atoms with Gasteiger partial charge < -0.3 is 9.47 Å². The summed E-state index contributed by atoms with van der Waals surface area (Å²) >= 11 is 6.02. The second-order valence-electron chi connectivity index (χ2n) is 3.46. The standard InChI is InChI=1S/C12H12ClNO2/c1-7-9(13)4-8-5-11(15-2)12(16-3)6-10(8)14-7/h4-6H,1-3H3. The molecule has 0 bridgehead atoms. The van der Waals surface area contributed by atoms with E-state index in [1.54, 1.807) is 14.2 Å². The van der Waals surface area contributed by atoms with E-state index in [1.165, 1.54) is 0 Å². The molecule has 0 radical (unpaired) electrons. The number of nitrogens with zero attached hydrogens (tertiary/aromatic N) is 1. The van der Waals surface area contributed by atoms with Crippen LogP contribution in [0.15, 0.2) is 18.2 Å². The van der Waals surface area contributed by atoms with Gasteiger partial charge >= 0.3 is 0 Å². The molecule has 4 heteroatoms. The van der Waals surface area contributed by atoms with Crippen molar-refractivity contribution in [2.75, 3.05) is 14.2 Å². The zero-order chi connectivity index (χ0) is 11.7. The second-order valence-corrected chi connectivity index (χ2v) is 3.86. The molecule has 0 amide bonds. The van der Waals surface area contributed by atoms with E-state index in [4.69, 9.17) is 21.1 Å². The van der Waals surface area contributed by atoms with Gasteiger partial charge in [0.1, 0.15) is 0 Å². The van der Waals surface area contributed by atoms with E-state index in [-0.39, 0.29) is 0 Å². The highest BCUT2D eigenvalue weighted by Gasteiger charge is 2.08. The highest BCUT2D eigenvalue weighted by Crippen LogP contribution is 2.32. The van der Waals surface area contributed by atoms with Crippen molar-refractivity contribution >= 4 is 22.5 Å². The predicted molar refractivity (Wildman–Crippen MR) is 64.6 cm³/mol. The Kier molecular flexibility index (Phi) is 2.88. The molecule has 16 heavy (non-hydrogen) atoms. The molecule has 0 saturated heterocycles. The maximum atomic E-state index is 6.02. The minimum Gasteiger partial charge on any atom is -0.493 e. The van der Waals surface area contributed by atoms with Crippen LogP contribution in [0.1, 0.15) is 5.69 Å². The van der Waals surface area contributed by atoms with E-state index in [0.29, 0.717) is 16.5 Å². The van der Waals surface area contributed by atoms with E-state index in [9.17, 15) is 0 Å². The molecule has 2 aromatic rings. The smallest absolute Gasteiger partial charge is 0.162 e. The summed E-state index contributed by atoms with van der Waals surface area (Å²) in [6.45, 7) is 1.87. The van der Waals surface area contributed by atoms with Gasteiger partial charge in [-0.15, -0.1) is 0 Å². The Labute approximate surface area is 99.0 Å². The zero-order valence-electron chi connectivity index (χ0n) is 9.37. The Balaban J connectivity index is 2.73. The molecule has 1 heterocycles. The van der Waals surface area contributed by atoms with Crippen molar-refractivity contribution in [3.8, 4) is 11.5 Å². The number of pyridine rings is 1. The summed E-state index contributed by atoms with van der Waals surface area (Å²) in [5.74, 6) is 1.35. The molecule has 0 N–H and O–H groups in total. The third-order valence-corrected chi connectivity index (χ3v) is 2.83. The topological polar surface area (TPSA) is 31.4 Å². The molecular formula is C12H12ClNO2. The first kappa shape index (κ1) is 11.0. The first-order valence-corrected chi connectivity index (χ1v) is 5.22. The lowest BCUT2D eigenvalue weighted by atomic mass is 10.2. The molecular weight excluding hydrogens is 226 g/mol. The van der Waals surface area contributed by atoms with Crippen molar-refractivity contribution in [3.05, 3.63) is 28.9 Å². The minimum atomic E-state index is 0.653. The highest BCUT2D eigenvalue weighted by molar-refractivity contribution is 6.31. The number of methoxy groups -OCH3 is 2. The van der Waals surface area contributed by atoms with Gasteiger partial charge in [-0.2, -0.15) is 0 Å². The van der Waals surface area contributed by atoms with Crippen molar-refractivity contribution in [1.82, 2.24) is 4.98 Å². The molecule has 3 nitrogen and oxygen atoms in total. The van der Waals surface area contributed by atoms with Gasteiger partial charge in [0.05, 0.1) is 30.5 Å². The summed E-state index contributed by atoms with van der Waals surface area (Å²) in [5.41, 5.74) is 1.65. The maximum Gasteiger partial charge on any atom is 0.162 e. The fourth-order valence-electron chi connectivity index (χ4n) is 1.57. The first-order valence-electron chi connectivity index (χ1n) is 4.84. The Morgan fingerprint density at radius 3 is 2.31 bits per heavy atom. The Bertz CT molecular complexity index is 492. The third kappa shape index (κ3) is 1.78. The molecule has 0 fully saturated rings. The number of halogens is 1. The third-order valence-electron chi connectivity index (χ3n) is 2.45. The SMILES string of the molecule is COc1cc2cc(Cl)c(C)nc2cc1OC. The molecule has 0 aliphatic carbocycles. The molecule has 0 saturated carbocycles. The van der Waals surface area contributed by atoms with Crippen LogP contribution < -0.4 is 9.47 Å². The van der Waals surface area contributed by atoms with Crippen molar-refractivity contribution in [2.45, 2.75) is 6.92 Å². The number of hydrogen-bond donors (Lipinski definition) is 0. The van der Waals surface area contributed by atoms with Crippen LogP contribution in [0, 0.1) is 6.92 Å². The van der Waals surface area contributed by atoms with Crippen LogP contribution in [-0.4, -0.2) is 19.2 Å². The average molecular weight is 238 g/mol. The minimum absolute atomic E-state index is 0.653. The Hall–Kier alpha value is -1.48. The van der Waals surface area contributed by atoms with Crippen LogP contribution in [0.4, 0.5) is 0 Å². The van der Waals surface area contributed by atoms with Gasteiger partial charge in [0, 0.05) is 11.5 Å². The van der Waals surface area contributed by atoms with E-state index in [0.717, 1.165) is 16.6 Å². The normalized spacial score (nSPS) is 10.5. The fourth-order valence-corrected chi connectivity index (χ4v) is 1.73. The molecule has 0 spiro atoms. The van der Waals surface area contributed by atoms with E-state index < -0.39 is 0 Å². The van der Waals surface area contributed by atoms with Gasteiger partial charge in [-0.3, -0.25) is 4.98 Å². The van der Waals surface area contributed by atoms with Gasteiger partial charge in [0.15, 0.2) is 11.5 Å². The van der Waals surface area contributed by atoms with Crippen LogP contribution in [0.2, 0.25) is 5.02 Å². The number of aryl methyl sites for hydroxylation is 1. The zero-order valence-corrected chi connectivity index (χ0v) is 10.1. The summed E-state index contributed by atoms with van der Waals surface area (Å²) in [6, 6.07) is 5.59. The average Bonchev–Trinajstić information content (AvgIpc) is 2.29. The van der Waals surface area contributed by atoms with Crippen molar-refractivity contribution < 1.29 is 9.47 Å². The molecule has 0 unspecified atom stereocenters. The van der Waals surface area contributed by atoms with Crippen molar-refractivity contribution in [3.63, 3.8) is 0 Å². The summed E-state index contributed by atoms with van der Waals surface area (Å²) < 4.78 is 10.4. The molecule has 0 aliphatic heterocycles. The number of hydrogen-bond acceptors (Lipinski definition) is 3. The summed E-state index contributed by atoms with van der Waals surface area (Å²) in [7, 11) is 3.21. The van der Waals surface area contributed by atoms with Gasteiger partial charge in [0.2, 0.25) is 0 Å². The van der Waals surface area contributed by atoms with Gasteiger partial charge in [-0.25, -0.2) is 0 Å². The summed E-state index contributed by atoms with van der Waals surface area (Å²) in [6.07, 6.45) is 0. The Morgan fingerprint density at radius 2 is 1.69 bits per heavy atom. The van der Waals surface area contributed by atoms with Gasteiger partial charge in [-0.05, 0) is 19.1 Å². The fraction of sp³-hybridized carbons (Fsp3) is 0.250. The van der Waals surface area contributed by atoms with Crippen LogP contribution in [0.3, 0.4) is 0 Å². The van der Waals surface area contributed by atoms with Crippen LogP contribution in [0.25, 0.3) is 10.9 Å². The number of fused-ring (bicyclic) bond motifs is 1. The number of ether oxygens (including phenoxy) is 2. The van der Waals surface area contributed by atoms with Crippen molar-refractivity contribution in [2.24, 2.45) is 0 Å². The van der Waals surface area contributed by atoms with Gasteiger partial charge in [0.25, 0.3) is 0 Å². The van der Waals surface area contributed by atoms with Crippen LogP contribution in [-0.2, 0) is 0 Å². The predicted octanol–water partition coefficient (Wildman–Crippen LogP) is 3.21. The molecule has 0 aliphatic rings. The second kappa shape index (κ2) is 4.18. The van der Waals surface area contributed by atoms with E-state index >= 15 is 0 Å². The van der Waals surface area contributed by atoms with Gasteiger partial charge in [-0.1, -0.05) is 11.6 Å². The molecule has 2 rings (SSSR count). The summed E-state index contributed by atoms with van der Waals surface area (Å²) in [4.78, 5) is 4.39. The van der Waals surface area contributed by atoms with E-state index in [1.807, 2.05) is 25.1 Å². The van der Waals surface area contributed by atoms with Crippen LogP contribution in [0.5, 0.6) is 11.5 Å². The first-order chi connectivity index (χ1) is 7.65. The molecule has 1 aromatic heterocycles. The van der Waals surface area contributed by atoms with Crippen LogP contribution >= 0.6 is 11.6 Å². The van der Waals surface area contributed by atoms with E-state index in [2.05, 4.69) is 4.98 Å². The lowest BCUT2D eigenvalue weighted by Gasteiger charge is -2.09. The molecule has 1 aromatic carbocycles. The number of benzene rings is 1. The summed E-state index contributed by atoms with van der Waals surface area (Å²) in [5, 5.41) is 1.59. The Morgan fingerprint density at radius 1 is 1.06 bits per heavy atom.